The lowest BCUT2D eigenvalue weighted by molar-refractivity contribution is 0.340. The van der Waals surface area contributed by atoms with Crippen LogP contribution in [0.1, 0.15) is 18.1 Å². The maximum Gasteiger partial charge on any atom is 0.119 e. The smallest absolute Gasteiger partial charge is 0.119 e. The zero-order valence-corrected chi connectivity index (χ0v) is 14.1. The first-order valence-corrected chi connectivity index (χ1v) is 8.41. The van der Waals surface area contributed by atoms with Crippen LogP contribution in [0.4, 0.5) is 5.69 Å². The van der Waals surface area contributed by atoms with E-state index in [4.69, 9.17) is 4.74 Å². The van der Waals surface area contributed by atoms with Crippen LogP contribution in [0.15, 0.2) is 84.9 Å². The quantitative estimate of drug-likeness (QED) is 0.587. The van der Waals surface area contributed by atoms with Gasteiger partial charge in [0.25, 0.3) is 0 Å². The van der Waals surface area contributed by atoms with E-state index in [1.807, 2.05) is 19.1 Å². The zero-order valence-electron chi connectivity index (χ0n) is 14.1. The lowest BCUT2D eigenvalue weighted by Gasteiger charge is -2.25. The van der Waals surface area contributed by atoms with Crippen LogP contribution in [-0.4, -0.2) is 6.61 Å². The Kier molecular flexibility index (Phi) is 5.52. The van der Waals surface area contributed by atoms with Crippen LogP contribution in [0.2, 0.25) is 0 Å². The second kappa shape index (κ2) is 8.21. The highest BCUT2D eigenvalue weighted by atomic mass is 16.5. The van der Waals surface area contributed by atoms with Crippen molar-refractivity contribution in [3.8, 4) is 5.75 Å². The molecule has 0 spiro atoms. The van der Waals surface area contributed by atoms with E-state index in [-0.39, 0.29) is 0 Å². The molecule has 0 atom stereocenters. The molecule has 0 aliphatic rings. The summed E-state index contributed by atoms with van der Waals surface area (Å²) in [5.74, 6) is 0.917. The van der Waals surface area contributed by atoms with Crippen molar-refractivity contribution in [2.45, 2.75) is 20.0 Å². The number of nitrogens with zero attached hydrogens (tertiary/aromatic N) is 1. The van der Waals surface area contributed by atoms with Crippen LogP contribution in [0, 0.1) is 0 Å². The van der Waals surface area contributed by atoms with Crippen molar-refractivity contribution in [2.24, 2.45) is 0 Å². The number of benzene rings is 3. The van der Waals surface area contributed by atoms with Gasteiger partial charge in [0, 0.05) is 18.8 Å². The van der Waals surface area contributed by atoms with E-state index in [2.05, 4.69) is 77.7 Å². The minimum absolute atomic E-state index is 0.692. The molecule has 0 saturated carbocycles. The van der Waals surface area contributed by atoms with Crippen LogP contribution >= 0.6 is 0 Å². The minimum atomic E-state index is 0.692. The molecule has 0 amide bonds. The molecule has 0 aliphatic carbocycles. The molecule has 122 valence electrons. The molecular formula is C22H23NO. The molecule has 24 heavy (non-hydrogen) atoms. The molecule has 2 heteroatoms. The summed E-state index contributed by atoms with van der Waals surface area (Å²) in [6, 6.07) is 29.5. The molecule has 0 unspecified atom stereocenters. The van der Waals surface area contributed by atoms with E-state index in [1.165, 1.54) is 16.8 Å². The highest BCUT2D eigenvalue weighted by Crippen LogP contribution is 2.23. The summed E-state index contributed by atoms with van der Waals surface area (Å²) in [7, 11) is 0. The van der Waals surface area contributed by atoms with Crippen molar-refractivity contribution in [3.05, 3.63) is 96.1 Å². The largest absolute Gasteiger partial charge is 0.494 e. The fraction of sp³-hybridized carbons (Fsp3) is 0.182. The first kappa shape index (κ1) is 16.1. The maximum absolute atomic E-state index is 5.56. The molecule has 3 aromatic rings. The van der Waals surface area contributed by atoms with Crippen molar-refractivity contribution >= 4 is 5.69 Å². The molecule has 2 nitrogen and oxygen atoms in total. The van der Waals surface area contributed by atoms with E-state index in [0.29, 0.717) is 6.61 Å². The lowest BCUT2D eigenvalue weighted by atomic mass is 10.1. The van der Waals surface area contributed by atoms with Crippen molar-refractivity contribution in [1.82, 2.24) is 0 Å². The first-order chi connectivity index (χ1) is 11.8. The summed E-state index contributed by atoms with van der Waals surface area (Å²) in [6.07, 6.45) is 0. The number of anilines is 1. The molecule has 0 N–H and O–H groups in total. The summed E-state index contributed by atoms with van der Waals surface area (Å²) >= 11 is 0. The Balaban J connectivity index is 1.83. The van der Waals surface area contributed by atoms with Gasteiger partial charge in [0.15, 0.2) is 0 Å². The second-order valence-electron chi connectivity index (χ2n) is 5.75. The lowest BCUT2D eigenvalue weighted by Crippen LogP contribution is -2.22. The highest BCUT2D eigenvalue weighted by molar-refractivity contribution is 5.50. The van der Waals surface area contributed by atoms with E-state index < -0.39 is 0 Å². The van der Waals surface area contributed by atoms with Gasteiger partial charge in [-0.25, -0.2) is 0 Å². The predicted molar refractivity (Wildman–Crippen MR) is 100 cm³/mol. The van der Waals surface area contributed by atoms with Crippen molar-refractivity contribution in [3.63, 3.8) is 0 Å². The summed E-state index contributed by atoms with van der Waals surface area (Å²) in [5, 5.41) is 0. The third-order valence-electron chi connectivity index (χ3n) is 3.95. The van der Waals surface area contributed by atoms with Gasteiger partial charge in [-0.15, -0.1) is 0 Å². The van der Waals surface area contributed by atoms with Gasteiger partial charge in [-0.1, -0.05) is 60.7 Å². The van der Waals surface area contributed by atoms with Gasteiger partial charge in [-0.05, 0) is 42.3 Å². The van der Waals surface area contributed by atoms with Crippen molar-refractivity contribution in [1.29, 1.82) is 0 Å². The third-order valence-corrected chi connectivity index (χ3v) is 3.95. The molecule has 3 rings (SSSR count). The molecule has 0 fully saturated rings. The van der Waals surface area contributed by atoms with E-state index in [1.54, 1.807) is 0 Å². The van der Waals surface area contributed by atoms with E-state index in [0.717, 1.165) is 18.8 Å². The molecule has 0 bridgehead atoms. The Bertz CT molecular complexity index is 681. The molecule has 0 saturated heterocycles. The average Bonchev–Trinajstić information content (AvgIpc) is 2.64. The number of hydrogen-bond acceptors (Lipinski definition) is 2. The van der Waals surface area contributed by atoms with E-state index >= 15 is 0 Å². The van der Waals surface area contributed by atoms with Crippen LogP contribution in [-0.2, 0) is 13.1 Å². The van der Waals surface area contributed by atoms with Gasteiger partial charge in [0.1, 0.15) is 5.75 Å². The van der Waals surface area contributed by atoms with Gasteiger partial charge in [0.05, 0.1) is 6.61 Å². The topological polar surface area (TPSA) is 12.5 Å². The SMILES string of the molecule is CCOc1ccc(N(Cc2ccccc2)Cc2ccccc2)cc1. The van der Waals surface area contributed by atoms with Gasteiger partial charge in [-0.2, -0.15) is 0 Å². The van der Waals surface area contributed by atoms with Crippen molar-refractivity contribution in [2.75, 3.05) is 11.5 Å². The van der Waals surface area contributed by atoms with Crippen LogP contribution in [0.3, 0.4) is 0 Å². The maximum atomic E-state index is 5.56. The zero-order chi connectivity index (χ0) is 16.6. The molecule has 0 radical (unpaired) electrons. The standard InChI is InChI=1S/C22H23NO/c1-2-24-22-15-13-21(14-16-22)23(17-19-9-5-3-6-10-19)18-20-11-7-4-8-12-20/h3-16H,2,17-18H2,1H3. The summed E-state index contributed by atoms with van der Waals surface area (Å²) in [4.78, 5) is 2.39. The second-order valence-corrected chi connectivity index (χ2v) is 5.75. The summed E-state index contributed by atoms with van der Waals surface area (Å²) in [5.41, 5.74) is 3.82. The summed E-state index contributed by atoms with van der Waals surface area (Å²) in [6.45, 7) is 4.45. The Morgan fingerprint density at radius 3 is 1.62 bits per heavy atom. The Hall–Kier alpha value is -2.74. The van der Waals surface area contributed by atoms with Gasteiger partial charge in [0.2, 0.25) is 0 Å². The Morgan fingerprint density at radius 1 is 0.667 bits per heavy atom. The molecule has 0 heterocycles. The number of hydrogen-bond donors (Lipinski definition) is 0. The van der Waals surface area contributed by atoms with Crippen LogP contribution in [0.5, 0.6) is 5.75 Å². The monoisotopic (exact) mass is 317 g/mol. The van der Waals surface area contributed by atoms with Crippen LogP contribution in [0.25, 0.3) is 0 Å². The number of rotatable bonds is 7. The number of ether oxygens (including phenoxy) is 1. The molecule has 0 aromatic heterocycles. The average molecular weight is 317 g/mol. The third kappa shape index (κ3) is 4.39. The predicted octanol–water partition coefficient (Wildman–Crippen LogP) is 5.29. The Labute approximate surface area is 144 Å². The fourth-order valence-corrected chi connectivity index (χ4v) is 2.77. The van der Waals surface area contributed by atoms with Gasteiger partial charge in [-0.3, -0.25) is 0 Å². The van der Waals surface area contributed by atoms with E-state index in [9.17, 15) is 0 Å². The van der Waals surface area contributed by atoms with Crippen LogP contribution < -0.4 is 9.64 Å². The molecule has 3 aromatic carbocycles. The van der Waals surface area contributed by atoms with Gasteiger partial charge < -0.3 is 9.64 Å². The first-order valence-electron chi connectivity index (χ1n) is 8.41. The summed E-state index contributed by atoms with van der Waals surface area (Å²) < 4.78 is 5.56. The Morgan fingerprint density at radius 2 is 1.17 bits per heavy atom. The minimum Gasteiger partial charge on any atom is -0.494 e. The highest BCUT2D eigenvalue weighted by Gasteiger charge is 2.09. The van der Waals surface area contributed by atoms with Crippen molar-refractivity contribution < 1.29 is 4.74 Å². The molecular weight excluding hydrogens is 294 g/mol. The normalized spacial score (nSPS) is 10.4. The fourth-order valence-electron chi connectivity index (χ4n) is 2.77. The molecule has 0 aliphatic heterocycles. The van der Waals surface area contributed by atoms with Gasteiger partial charge >= 0.3 is 0 Å².